The fraction of sp³-hybridized carbons (Fsp3) is 0.808. The van der Waals surface area contributed by atoms with Crippen LogP contribution in [-0.4, -0.2) is 18.5 Å². The van der Waals surface area contributed by atoms with E-state index in [0.717, 1.165) is 48.5 Å². The Morgan fingerprint density at radius 2 is 2.04 bits per heavy atom. The number of nitrogens with zero attached hydrogens (tertiary/aromatic N) is 1. The van der Waals surface area contributed by atoms with Gasteiger partial charge in [-0.05, 0) is 80.0 Å². The van der Waals surface area contributed by atoms with E-state index in [1.807, 2.05) is 0 Å². The van der Waals surface area contributed by atoms with Crippen LogP contribution in [0.15, 0.2) is 29.8 Å². The molecule has 0 aromatic rings. The van der Waals surface area contributed by atoms with Crippen molar-refractivity contribution in [3.05, 3.63) is 24.8 Å². The van der Waals surface area contributed by atoms with Crippen molar-refractivity contribution in [2.75, 3.05) is 6.61 Å². The first kappa shape index (κ1) is 21.7. The minimum atomic E-state index is 0.271. The zero-order valence-electron chi connectivity index (χ0n) is 19.0. The van der Waals surface area contributed by atoms with Crippen molar-refractivity contribution >= 4 is 5.90 Å². The van der Waals surface area contributed by atoms with Gasteiger partial charge in [0.15, 0.2) is 5.90 Å². The summed E-state index contributed by atoms with van der Waals surface area (Å²) in [5.74, 6) is 5.91. The van der Waals surface area contributed by atoms with Crippen molar-refractivity contribution in [2.45, 2.75) is 85.6 Å². The van der Waals surface area contributed by atoms with Crippen LogP contribution >= 0.6 is 0 Å². The monoisotopic (exact) mass is 385 g/mol. The summed E-state index contributed by atoms with van der Waals surface area (Å²) in [5, 5.41) is 0. The Labute approximate surface area is 173 Å². The van der Waals surface area contributed by atoms with Gasteiger partial charge in [-0.25, -0.2) is 4.99 Å². The normalized spacial score (nSPS) is 34.0. The third kappa shape index (κ3) is 5.74. The molecule has 0 saturated heterocycles. The molecule has 2 nitrogen and oxygen atoms in total. The van der Waals surface area contributed by atoms with Crippen LogP contribution in [0.2, 0.25) is 0 Å². The molecule has 2 aliphatic carbocycles. The Balaban J connectivity index is 1.34. The van der Waals surface area contributed by atoms with Gasteiger partial charge in [-0.3, -0.25) is 0 Å². The summed E-state index contributed by atoms with van der Waals surface area (Å²) in [6.07, 6.45) is 15.8. The molecule has 7 atom stereocenters. The molecule has 2 fully saturated rings. The fourth-order valence-corrected chi connectivity index (χ4v) is 4.98. The molecule has 0 spiro atoms. The van der Waals surface area contributed by atoms with E-state index in [1.165, 1.54) is 38.5 Å². The molecule has 2 heteroatoms. The Morgan fingerprint density at radius 3 is 2.71 bits per heavy atom. The Kier molecular flexibility index (Phi) is 7.10. The van der Waals surface area contributed by atoms with Gasteiger partial charge < -0.3 is 4.74 Å². The van der Waals surface area contributed by atoms with Gasteiger partial charge in [0.1, 0.15) is 12.6 Å². The van der Waals surface area contributed by atoms with Crippen LogP contribution in [0.25, 0.3) is 0 Å². The third-order valence-corrected chi connectivity index (χ3v) is 7.89. The van der Waals surface area contributed by atoms with E-state index in [0.29, 0.717) is 11.3 Å². The number of aliphatic imine (C=N–C) groups is 1. The molecular weight excluding hydrogens is 342 g/mol. The number of hydrogen-bond acceptors (Lipinski definition) is 2. The van der Waals surface area contributed by atoms with Crippen LogP contribution in [0.1, 0.15) is 79.6 Å². The Bertz CT molecular complexity index is 589. The van der Waals surface area contributed by atoms with Crippen LogP contribution in [0.4, 0.5) is 0 Å². The van der Waals surface area contributed by atoms with Crippen molar-refractivity contribution in [3.63, 3.8) is 0 Å². The Morgan fingerprint density at radius 1 is 1.29 bits per heavy atom. The maximum atomic E-state index is 5.78. The van der Waals surface area contributed by atoms with E-state index in [1.54, 1.807) is 0 Å². The summed E-state index contributed by atoms with van der Waals surface area (Å²) in [6, 6.07) is 0.271. The lowest BCUT2D eigenvalue weighted by atomic mass is 9.72. The molecule has 0 aromatic carbocycles. The summed E-state index contributed by atoms with van der Waals surface area (Å²) in [7, 11) is 0. The predicted octanol–water partition coefficient (Wildman–Crippen LogP) is 7.07. The molecule has 7 unspecified atom stereocenters. The van der Waals surface area contributed by atoms with Crippen LogP contribution in [-0.2, 0) is 4.74 Å². The highest BCUT2D eigenvalue weighted by molar-refractivity contribution is 5.83. The second-order valence-electron chi connectivity index (χ2n) is 10.8. The number of rotatable bonds is 12. The smallest absolute Gasteiger partial charge is 0.187 e. The van der Waals surface area contributed by atoms with Crippen molar-refractivity contribution < 1.29 is 4.74 Å². The molecule has 0 radical (unpaired) electrons. The van der Waals surface area contributed by atoms with E-state index in [-0.39, 0.29) is 6.04 Å². The molecule has 0 aromatic heterocycles. The quantitative estimate of drug-likeness (QED) is 0.329. The van der Waals surface area contributed by atoms with Crippen LogP contribution in [0.5, 0.6) is 0 Å². The molecule has 0 N–H and O–H groups in total. The van der Waals surface area contributed by atoms with Crippen molar-refractivity contribution in [1.29, 1.82) is 0 Å². The summed E-state index contributed by atoms with van der Waals surface area (Å²) >= 11 is 0. The topological polar surface area (TPSA) is 21.6 Å². The number of allylic oxidation sites excluding steroid dienone is 2. The SMILES string of the molecule is C=CCC(C)CCC(C)(C)C(C)C1CC1CC/C=C/C1COC(C2CC2C)=N1. The standard InChI is InChI=1S/C26H43NO/c1-7-10-18(2)13-14-26(5,6)20(4)24-16-21(24)11-8-9-12-22-17-28-25(27-22)23-15-19(23)3/h7,9,12,18-24H,1,8,10-11,13-17H2,2-6H3/b12-9+. The van der Waals surface area contributed by atoms with Crippen molar-refractivity contribution in [2.24, 2.45) is 45.9 Å². The lowest BCUT2D eigenvalue weighted by molar-refractivity contribution is 0.167. The zero-order chi connectivity index (χ0) is 20.3. The fourth-order valence-electron chi connectivity index (χ4n) is 4.98. The van der Waals surface area contributed by atoms with Gasteiger partial charge in [0.25, 0.3) is 0 Å². The minimum Gasteiger partial charge on any atom is -0.478 e. The van der Waals surface area contributed by atoms with Gasteiger partial charge in [0.05, 0.1) is 0 Å². The predicted molar refractivity (Wildman–Crippen MR) is 121 cm³/mol. The highest BCUT2D eigenvalue weighted by atomic mass is 16.5. The van der Waals surface area contributed by atoms with Crippen LogP contribution < -0.4 is 0 Å². The molecule has 3 rings (SSSR count). The number of ether oxygens (including phenoxy) is 1. The molecule has 0 amide bonds. The van der Waals surface area contributed by atoms with Gasteiger partial charge in [-0.15, -0.1) is 6.58 Å². The van der Waals surface area contributed by atoms with Gasteiger partial charge in [-0.2, -0.15) is 0 Å². The van der Waals surface area contributed by atoms with Gasteiger partial charge in [0, 0.05) is 5.92 Å². The first-order valence-electron chi connectivity index (χ1n) is 11.8. The second-order valence-corrected chi connectivity index (χ2v) is 10.8. The summed E-state index contributed by atoms with van der Waals surface area (Å²) in [5.41, 5.74) is 0.455. The van der Waals surface area contributed by atoms with E-state index in [2.05, 4.69) is 59.4 Å². The summed E-state index contributed by atoms with van der Waals surface area (Å²) in [4.78, 5) is 4.76. The average molecular weight is 386 g/mol. The van der Waals surface area contributed by atoms with Crippen molar-refractivity contribution in [3.8, 4) is 0 Å². The van der Waals surface area contributed by atoms with E-state index < -0.39 is 0 Å². The van der Waals surface area contributed by atoms with Gasteiger partial charge >= 0.3 is 0 Å². The summed E-state index contributed by atoms with van der Waals surface area (Å²) in [6.45, 7) is 16.8. The van der Waals surface area contributed by atoms with E-state index in [4.69, 9.17) is 9.73 Å². The molecule has 2 saturated carbocycles. The molecule has 0 bridgehead atoms. The molecule has 1 heterocycles. The number of hydrogen-bond donors (Lipinski definition) is 0. The van der Waals surface area contributed by atoms with Gasteiger partial charge in [-0.1, -0.05) is 52.8 Å². The summed E-state index contributed by atoms with van der Waals surface area (Å²) < 4.78 is 5.78. The molecule has 3 aliphatic rings. The average Bonchev–Trinajstić information content (AvgIpc) is 3.54. The van der Waals surface area contributed by atoms with E-state index in [9.17, 15) is 0 Å². The van der Waals surface area contributed by atoms with Crippen LogP contribution in [0.3, 0.4) is 0 Å². The highest BCUT2D eigenvalue weighted by Gasteiger charge is 2.45. The maximum absolute atomic E-state index is 5.78. The second kappa shape index (κ2) is 9.18. The zero-order valence-corrected chi connectivity index (χ0v) is 19.0. The molecule has 28 heavy (non-hydrogen) atoms. The molecular formula is C26H43NO. The van der Waals surface area contributed by atoms with Crippen molar-refractivity contribution in [1.82, 2.24) is 0 Å². The van der Waals surface area contributed by atoms with Crippen LogP contribution in [0, 0.1) is 40.9 Å². The minimum absolute atomic E-state index is 0.271. The first-order chi connectivity index (χ1) is 13.3. The molecule has 158 valence electrons. The third-order valence-electron chi connectivity index (χ3n) is 7.89. The lowest BCUT2D eigenvalue weighted by Crippen LogP contribution is -2.24. The molecule has 1 aliphatic heterocycles. The largest absolute Gasteiger partial charge is 0.478 e. The Hall–Kier alpha value is -1.05. The lowest BCUT2D eigenvalue weighted by Gasteiger charge is -2.33. The maximum Gasteiger partial charge on any atom is 0.187 e. The highest BCUT2D eigenvalue weighted by Crippen LogP contribution is 2.53. The van der Waals surface area contributed by atoms with E-state index >= 15 is 0 Å². The first-order valence-corrected chi connectivity index (χ1v) is 11.8. The van der Waals surface area contributed by atoms with Gasteiger partial charge in [0.2, 0.25) is 0 Å².